The van der Waals surface area contributed by atoms with E-state index in [-0.39, 0.29) is 5.97 Å². The number of carbonyl (C=O) groups excluding carboxylic acids is 1. The number of ether oxygens (including phenoxy) is 1. The van der Waals surface area contributed by atoms with Crippen molar-refractivity contribution in [1.29, 1.82) is 0 Å². The van der Waals surface area contributed by atoms with Crippen molar-refractivity contribution in [3.05, 3.63) is 29.0 Å². The van der Waals surface area contributed by atoms with Gasteiger partial charge in [-0.3, -0.25) is 9.88 Å². The summed E-state index contributed by atoms with van der Waals surface area (Å²) in [5, 5.41) is 0.497. The van der Waals surface area contributed by atoms with Crippen molar-refractivity contribution in [2.75, 3.05) is 40.3 Å². The van der Waals surface area contributed by atoms with Crippen molar-refractivity contribution < 1.29 is 9.53 Å². The molecular formula is C13H18ClN3O2. The maximum absolute atomic E-state index is 12.1. The van der Waals surface area contributed by atoms with Gasteiger partial charge in [0.2, 0.25) is 0 Å². The van der Waals surface area contributed by atoms with Crippen LogP contribution in [0.3, 0.4) is 0 Å². The van der Waals surface area contributed by atoms with Gasteiger partial charge in [0.05, 0.1) is 17.8 Å². The Morgan fingerprint density at radius 3 is 2.68 bits per heavy atom. The predicted molar refractivity (Wildman–Crippen MR) is 73.1 cm³/mol. The molecule has 0 N–H and O–H groups in total. The molecule has 1 fully saturated rings. The molecule has 0 spiro atoms. The zero-order valence-corrected chi connectivity index (χ0v) is 11.9. The van der Waals surface area contributed by atoms with Crippen molar-refractivity contribution in [3.63, 3.8) is 0 Å². The van der Waals surface area contributed by atoms with E-state index in [1.165, 1.54) is 7.11 Å². The molecule has 1 aliphatic heterocycles. The molecule has 0 saturated carbocycles. The van der Waals surface area contributed by atoms with E-state index in [9.17, 15) is 4.79 Å². The van der Waals surface area contributed by atoms with E-state index in [1.54, 1.807) is 18.3 Å². The first-order valence-electron chi connectivity index (χ1n) is 6.24. The Labute approximate surface area is 118 Å². The third kappa shape index (κ3) is 3.23. The van der Waals surface area contributed by atoms with E-state index in [1.807, 2.05) is 0 Å². The van der Waals surface area contributed by atoms with Crippen LogP contribution in [0.4, 0.5) is 0 Å². The van der Waals surface area contributed by atoms with Crippen LogP contribution in [-0.4, -0.2) is 61.1 Å². The van der Waals surface area contributed by atoms with E-state index >= 15 is 0 Å². The zero-order valence-electron chi connectivity index (χ0n) is 11.2. The maximum Gasteiger partial charge on any atom is 0.329 e. The van der Waals surface area contributed by atoms with E-state index in [2.05, 4.69) is 21.8 Å². The Morgan fingerprint density at radius 2 is 2.11 bits per heavy atom. The average Bonchev–Trinajstić information content (AvgIpc) is 2.43. The van der Waals surface area contributed by atoms with Gasteiger partial charge in [0.1, 0.15) is 0 Å². The second-order valence-corrected chi connectivity index (χ2v) is 5.04. The van der Waals surface area contributed by atoms with Crippen LogP contribution in [0.5, 0.6) is 0 Å². The standard InChI is InChI=1S/C13H18ClN3O2/c1-16-6-8-17(9-7-16)12(13(18)19-2)11-10(14)4-3-5-15-11/h3-5,12H,6-9H2,1-2H3. The van der Waals surface area contributed by atoms with Gasteiger partial charge in [-0.25, -0.2) is 4.79 Å². The Morgan fingerprint density at radius 1 is 1.42 bits per heavy atom. The summed E-state index contributed by atoms with van der Waals surface area (Å²) in [4.78, 5) is 20.6. The first-order valence-corrected chi connectivity index (χ1v) is 6.62. The lowest BCUT2D eigenvalue weighted by Gasteiger charge is -2.36. The van der Waals surface area contributed by atoms with Crippen molar-refractivity contribution >= 4 is 17.6 Å². The second-order valence-electron chi connectivity index (χ2n) is 4.64. The number of hydrogen-bond donors (Lipinski definition) is 0. The number of pyridine rings is 1. The van der Waals surface area contributed by atoms with Gasteiger partial charge in [-0.15, -0.1) is 0 Å². The molecule has 1 atom stereocenters. The highest BCUT2D eigenvalue weighted by Crippen LogP contribution is 2.27. The minimum absolute atomic E-state index is 0.315. The number of methoxy groups -OCH3 is 1. The molecule has 104 valence electrons. The lowest BCUT2D eigenvalue weighted by Crippen LogP contribution is -2.48. The fourth-order valence-electron chi connectivity index (χ4n) is 2.22. The first kappa shape index (κ1) is 14.2. The van der Waals surface area contributed by atoms with Crippen LogP contribution in [0.15, 0.2) is 18.3 Å². The number of esters is 1. The number of hydrogen-bond acceptors (Lipinski definition) is 5. The molecule has 1 aliphatic rings. The van der Waals surface area contributed by atoms with E-state index in [0.29, 0.717) is 10.7 Å². The van der Waals surface area contributed by atoms with E-state index in [0.717, 1.165) is 26.2 Å². The molecule has 6 heteroatoms. The minimum atomic E-state index is -0.521. The molecule has 0 aliphatic carbocycles. The van der Waals surface area contributed by atoms with Crippen LogP contribution in [0.1, 0.15) is 11.7 Å². The highest BCUT2D eigenvalue weighted by molar-refractivity contribution is 6.31. The summed E-state index contributed by atoms with van der Waals surface area (Å²) in [5.74, 6) is -0.315. The largest absolute Gasteiger partial charge is 0.468 e. The lowest BCUT2D eigenvalue weighted by atomic mass is 10.1. The topological polar surface area (TPSA) is 45.7 Å². The molecule has 1 unspecified atom stereocenters. The second kappa shape index (κ2) is 6.32. The maximum atomic E-state index is 12.1. The molecule has 19 heavy (non-hydrogen) atoms. The SMILES string of the molecule is COC(=O)C(c1ncccc1Cl)N1CCN(C)CC1. The molecule has 0 bridgehead atoms. The summed E-state index contributed by atoms with van der Waals surface area (Å²) in [5.41, 5.74) is 0.570. The number of piperazine rings is 1. The summed E-state index contributed by atoms with van der Waals surface area (Å²) in [6.07, 6.45) is 1.65. The summed E-state index contributed by atoms with van der Waals surface area (Å²) >= 11 is 6.16. The van der Waals surface area contributed by atoms with Crippen LogP contribution in [0.2, 0.25) is 5.02 Å². The first-order chi connectivity index (χ1) is 9.13. The van der Waals surface area contributed by atoms with Gasteiger partial charge in [0.15, 0.2) is 6.04 Å². The third-order valence-electron chi connectivity index (χ3n) is 3.37. The van der Waals surface area contributed by atoms with Gasteiger partial charge in [0.25, 0.3) is 0 Å². The highest BCUT2D eigenvalue weighted by Gasteiger charge is 2.33. The number of aromatic nitrogens is 1. The van der Waals surface area contributed by atoms with Gasteiger partial charge in [0, 0.05) is 32.4 Å². The molecule has 1 saturated heterocycles. The third-order valence-corrected chi connectivity index (χ3v) is 3.69. The number of nitrogens with zero attached hydrogens (tertiary/aromatic N) is 3. The molecule has 0 aromatic carbocycles. The molecule has 2 heterocycles. The number of likely N-dealkylation sites (N-methyl/N-ethyl adjacent to an activating group) is 1. The monoisotopic (exact) mass is 283 g/mol. The molecule has 0 radical (unpaired) electrons. The summed E-state index contributed by atoms with van der Waals surface area (Å²) in [6.45, 7) is 3.42. The number of carbonyl (C=O) groups is 1. The molecular weight excluding hydrogens is 266 g/mol. The van der Waals surface area contributed by atoms with Gasteiger partial charge in [-0.05, 0) is 19.2 Å². The van der Waals surface area contributed by atoms with E-state index in [4.69, 9.17) is 16.3 Å². The van der Waals surface area contributed by atoms with Crippen LogP contribution >= 0.6 is 11.6 Å². The Balaban J connectivity index is 2.26. The number of rotatable bonds is 3. The Hall–Kier alpha value is -1.17. The lowest BCUT2D eigenvalue weighted by molar-refractivity contribution is -0.148. The molecule has 1 aromatic heterocycles. The fraction of sp³-hybridized carbons (Fsp3) is 0.538. The van der Waals surface area contributed by atoms with Gasteiger partial charge < -0.3 is 9.64 Å². The molecule has 0 amide bonds. The summed E-state index contributed by atoms with van der Waals surface area (Å²) in [6, 6.07) is 2.98. The normalized spacial score (nSPS) is 19.1. The van der Waals surface area contributed by atoms with Gasteiger partial charge >= 0.3 is 5.97 Å². The average molecular weight is 284 g/mol. The van der Waals surface area contributed by atoms with Crippen molar-refractivity contribution in [2.24, 2.45) is 0 Å². The van der Waals surface area contributed by atoms with Crippen LogP contribution in [0, 0.1) is 0 Å². The number of halogens is 1. The van der Waals surface area contributed by atoms with Gasteiger partial charge in [-0.2, -0.15) is 0 Å². The molecule has 2 rings (SSSR count). The van der Waals surface area contributed by atoms with Crippen LogP contribution in [-0.2, 0) is 9.53 Å². The zero-order chi connectivity index (χ0) is 13.8. The van der Waals surface area contributed by atoms with Crippen LogP contribution in [0.25, 0.3) is 0 Å². The van der Waals surface area contributed by atoms with E-state index < -0.39 is 6.04 Å². The minimum Gasteiger partial charge on any atom is -0.468 e. The van der Waals surface area contributed by atoms with Crippen LogP contribution < -0.4 is 0 Å². The summed E-state index contributed by atoms with van der Waals surface area (Å²) in [7, 11) is 3.46. The predicted octanol–water partition coefficient (Wildman–Crippen LogP) is 1.20. The van der Waals surface area contributed by atoms with Crippen molar-refractivity contribution in [2.45, 2.75) is 6.04 Å². The highest BCUT2D eigenvalue weighted by atomic mass is 35.5. The van der Waals surface area contributed by atoms with Crippen molar-refractivity contribution in [1.82, 2.24) is 14.8 Å². The molecule has 1 aromatic rings. The fourth-order valence-corrected chi connectivity index (χ4v) is 2.45. The Kier molecular flexibility index (Phi) is 4.74. The van der Waals surface area contributed by atoms with Gasteiger partial charge in [-0.1, -0.05) is 11.6 Å². The molecule has 5 nitrogen and oxygen atoms in total. The van der Waals surface area contributed by atoms with Crippen molar-refractivity contribution in [3.8, 4) is 0 Å². The Bertz CT molecular complexity index is 447. The summed E-state index contributed by atoms with van der Waals surface area (Å²) < 4.78 is 4.91. The quantitative estimate of drug-likeness (QED) is 0.780. The smallest absolute Gasteiger partial charge is 0.329 e.